The molecule has 0 spiro atoms. The number of amides is 1. The van der Waals surface area contributed by atoms with E-state index in [2.05, 4.69) is 12.2 Å². The Kier molecular flexibility index (Phi) is 6.13. The van der Waals surface area contributed by atoms with Gasteiger partial charge in [0.05, 0.1) is 5.52 Å². The lowest BCUT2D eigenvalue weighted by molar-refractivity contribution is -0.116. The minimum atomic E-state index is -0.469. The Morgan fingerprint density at radius 3 is 2.39 bits per heavy atom. The van der Waals surface area contributed by atoms with Gasteiger partial charge in [-0.15, -0.1) is 11.3 Å². The van der Waals surface area contributed by atoms with Gasteiger partial charge in [0.1, 0.15) is 11.2 Å². The van der Waals surface area contributed by atoms with Crippen LogP contribution in [0.25, 0.3) is 10.2 Å². The van der Waals surface area contributed by atoms with E-state index in [9.17, 15) is 14.4 Å². The van der Waals surface area contributed by atoms with Crippen molar-refractivity contribution in [3.05, 3.63) is 98.0 Å². The summed E-state index contributed by atoms with van der Waals surface area (Å²) < 4.78 is 3.09. The van der Waals surface area contributed by atoms with E-state index in [1.165, 1.54) is 26.0 Å². The molecule has 0 bridgehead atoms. The number of aryl methyl sites for hydroxylation is 2. The molecule has 1 N–H and O–H groups in total. The van der Waals surface area contributed by atoms with E-state index in [-0.39, 0.29) is 24.6 Å². The molecule has 0 saturated carbocycles. The number of nitrogens with zero attached hydrogens (tertiary/aromatic N) is 2. The van der Waals surface area contributed by atoms with Crippen molar-refractivity contribution >= 4 is 33.1 Å². The van der Waals surface area contributed by atoms with Crippen LogP contribution in [-0.2, 0) is 30.7 Å². The summed E-state index contributed by atoms with van der Waals surface area (Å²) in [5.74, 6) is -0.313. The molecular weight excluding hydrogens is 410 g/mol. The van der Waals surface area contributed by atoms with Gasteiger partial charge in [-0.1, -0.05) is 49.4 Å². The maximum Gasteiger partial charge on any atom is 0.332 e. The number of carbonyl (C=O) groups excluding carboxylic acids is 1. The molecule has 0 aliphatic carbocycles. The molecule has 7 heteroatoms. The smallest absolute Gasteiger partial charge is 0.325 e. The summed E-state index contributed by atoms with van der Waals surface area (Å²) >= 11 is 1.28. The molecule has 0 saturated heterocycles. The fraction of sp³-hybridized carbons (Fsp3) is 0.208. The monoisotopic (exact) mass is 433 g/mol. The molecule has 2 heterocycles. The topological polar surface area (TPSA) is 73.1 Å². The Balaban J connectivity index is 1.62. The summed E-state index contributed by atoms with van der Waals surface area (Å²) in [5.41, 5.74) is 2.61. The first-order valence-electron chi connectivity index (χ1n) is 10.2. The third-order valence-electron chi connectivity index (χ3n) is 5.25. The molecule has 2 aromatic heterocycles. The van der Waals surface area contributed by atoms with Gasteiger partial charge in [-0.2, -0.15) is 0 Å². The summed E-state index contributed by atoms with van der Waals surface area (Å²) in [6.07, 6.45) is 1.48. The zero-order chi connectivity index (χ0) is 21.8. The van der Waals surface area contributed by atoms with Gasteiger partial charge in [-0.25, -0.2) is 4.79 Å². The molecule has 0 atom stereocenters. The van der Waals surface area contributed by atoms with Gasteiger partial charge in [0.25, 0.3) is 5.56 Å². The maximum atomic E-state index is 13.1. The molecule has 1 amide bonds. The number of hydrogen-bond acceptors (Lipinski definition) is 4. The van der Waals surface area contributed by atoms with Gasteiger partial charge in [0, 0.05) is 12.2 Å². The Bertz CT molecular complexity index is 1320. The lowest BCUT2D eigenvalue weighted by Gasteiger charge is -2.13. The number of fused-ring (bicyclic) bond motifs is 1. The Morgan fingerprint density at radius 1 is 0.935 bits per heavy atom. The van der Waals surface area contributed by atoms with E-state index in [1.807, 2.05) is 54.6 Å². The van der Waals surface area contributed by atoms with Gasteiger partial charge in [0.15, 0.2) is 0 Å². The second-order valence-corrected chi connectivity index (χ2v) is 8.21. The van der Waals surface area contributed by atoms with E-state index in [0.717, 1.165) is 12.0 Å². The van der Waals surface area contributed by atoms with Crippen molar-refractivity contribution in [2.24, 2.45) is 0 Å². The lowest BCUT2D eigenvalue weighted by Crippen LogP contribution is -2.41. The number of thiophene rings is 1. The van der Waals surface area contributed by atoms with Gasteiger partial charge >= 0.3 is 5.69 Å². The third-order valence-corrected chi connectivity index (χ3v) is 6.14. The average molecular weight is 434 g/mol. The van der Waals surface area contributed by atoms with Crippen molar-refractivity contribution in [1.29, 1.82) is 0 Å². The maximum absolute atomic E-state index is 13.1. The summed E-state index contributed by atoms with van der Waals surface area (Å²) in [6, 6.07) is 19.0. The fourth-order valence-electron chi connectivity index (χ4n) is 3.54. The number of hydrogen-bond donors (Lipinski definition) is 1. The molecule has 31 heavy (non-hydrogen) atoms. The van der Waals surface area contributed by atoms with Gasteiger partial charge in [-0.05, 0) is 47.5 Å². The van der Waals surface area contributed by atoms with Crippen LogP contribution < -0.4 is 16.6 Å². The van der Waals surface area contributed by atoms with Crippen LogP contribution in [0.3, 0.4) is 0 Å². The number of nitrogens with one attached hydrogen (secondary N) is 1. The quantitative estimate of drug-likeness (QED) is 0.483. The van der Waals surface area contributed by atoms with Gasteiger partial charge < -0.3 is 5.32 Å². The molecular formula is C24H23N3O3S. The first kappa shape index (κ1) is 20.8. The molecule has 158 valence electrons. The summed E-state index contributed by atoms with van der Waals surface area (Å²) in [7, 11) is 0. The molecule has 4 rings (SSSR count). The number of carbonyl (C=O) groups is 1. The Hall–Kier alpha value is -3.45. The fourth-order valence-corrected chi connectivity index (χ4v) is 4.38. The number of benzene rings is 2. The average Bonchev–Trinajstić information content (AvgIpc) is 3.28. The highest BCUT2D eigenvalue weighted by atomic mass is 32.1. The standard InChI is InChI=1S/C24H23N3O3S/c1-2-17-8-10-19(11-9-17)25-21(28)16-27-20-13-15-31-22(20)23(29)26(24(27)30)14-12-18-6-4-3-5-7-18/h3-11,13,15H,2,12,14,16H2,1H3,(H,25,28). The first-order valence-corrected chi connectivity index (χ1v) is 11.1. The SMILES string of the molecule is CCc1ccc(NC(=O)Cn2c(=O)n(CCc3ccccc3)c(=O)c3sccc32)cc1. The summed E-state index contributed by atoms with van der Waals surface area (Å²) in [4.78, 5) is 38.7. The second kappa shape index (κ2) is 9.14. The minimum absolute atomic E-state index is 0.160. The number of anilines is 1. The highest BCUT2D eigenvalue weighted by Gasteiger charge is 2.16. The van der Waals surface area contributed by atoms with Crippen LogP contribution in [-0.4, -0.2) is 15.0 Å². The highest BCUT2D eigenvalue weighted by Crippen LogP contribution is 2.16. The van der Waals surface area contributed by atoms with E-state index < -0.39 is 5.69 Å². The third kappa shape index (κ3) is 4.51. The number of rotatable bonds is 7. The van der Waals surface area contributed by atoms with E-state index in [0.29, 0.717) is 22.3 Å². The van der Waals surface area contributed by atoms with Crippen LogP contribution in [0.4, 0.5) is 5.69 Å². The van der Waals surface area contributed by atoms with E-state index in [4.69, 9.17) is 0 Å². The Morgan fingerprint density at radius 2 is 1.68 bits per heavy atom. The van der Waals surface area contributed by atoms with Crippen molar-refractivity contribution in [3.8, 4) is 0 Å². The number of aromatic nitrogens is 2. The largest absolute Gasteiger partial charge is 0.332 e. The molecule has 2 aromatic carbocycles. The molecule has 0 fully saturated rings. The highest BCUT2D eigenvalue weighted by molar-refractivity contribution is 7.17. The van der Waals surface area contributed by atoms with Crippen LogP contribution in [0, 0.1) is 0 Å². The van der Waals surface area contributed by atoms with Crippen molar-refractivity contribution in [2.45, 2.75) is 32.9 Å². The van der Waals surface area contributed by atoms with Crippen molar-refractivity contribution < 1.29 is 4.79 Å². The zero-order valence-electron chi connectivity index (χ0n) is 17.2. The predicted molar refractivity (Wildman–Crippen MR) is 125 cm³/mol. The van der Waals surface area contributed by atoms with Crippen molar-refractivity contribution in [3.63, 3.8) is 0 Å². The van der Waals surface area contributed by atoms with Crippen LogP contribution in [0.5, 0.6) is 0 Å². The zero-order valence-corrected chi connectivity index (χ0v) is 18.0. The molecule has 0 aliphatic rings. The van der Waals surface area contributed by atoms with E-state index in [1.54, 1.807) is 11.4 Å². The van der Waals surface area contributed by atoms with Gasteiger partial charge in [0.2, 0.25) is 5.91 Å². The summed E-state index contributed by atoms with van der Waals surface area (Å²) in [6.45, 7) is 2.17. The van der Waals surface area contributed by atoms with Gasteiger partial charge in [-0.3, -0.25) is 18.7 Å². The summed E-state index contributed by atoms with van der Waals surface area (Å²) in [5, 5.41) is 4.60. The normalized spacial score (nSPS) is 11.0. The lowest BCUT2D eigenvalue weighted by atomic mass is 10.1. The Labute approximate surface area is 183 Å². The predicted octanol–water partition coefficient (Wildman–Crippen LogP) is 3.67. The molecule has 0 radical (unpaired) electrons. The second-order valence-electron chi connectivity index (χ2n) is 7.29. The van der Waals surface area contributed by atoms with Crippen molar-refractivity contribution in [1.82, 2.24) is 9.13 Å². The molecule has 0 unspecified atom stereocenters. The molecule has 0 aliphatic heterocycles. The minimum Gasteiger partial charge on any atom is -0.325 e. The van der Waals surface area contributed by atoms with E-state index >= 15 is 0 Å². The first-order chi connectivity index (χ1) is 15.1. The van der Waals surface area contributed by atoms with Crippen LogP contribution in [0.1, 0.15) is 18.1 Å². The van der Waals surface area contributed by atoms with Crippen LogP contribution in [0.2, 0.25) is 0 Å². The van der Waals surface area contributed by atoms with Crippen LogP contribution in [0.15, 0.2) is 75.6 Å². The molecule has 6 nitrogen and oxygen atoms in total. The van der Waals surface area contributed by atoms with Crippen molar-refractivity contribution in [2.75, 3.05) is 5.32 Å². The van der Waals surface area contributed by atoms with Crippen LogP contribution >= 0.6 is 11.3 Å². The molecule has 4 aromatic rings.